The Morgan fingerprint density at radius 1 is 1.33 bits per heavy atom. The maximum atomic E-state index is 11.5. The molecule has 1 aromatic rings. The number of nitrogens with one attached hydrogen (secondary N) is 2. The van der Waals surface area contributed by atoms with E-state index >= 15 is 0 Å². The van der Waals surface area contributed by atoms with Crippen molar-refractivity contribution in [1.29, 1.82) is 0 Å². The number of carbonyl (C=O) groups excluding carboxylic acids is 1. The molecule has 0 aliphatic carbocycles. The van der Waals surface area contributed by atoms with Crippen LogP contribution in [-0.4, -0.2) is 12.5 Å². The molecule has 0 fully saturated rings. The standard InChI is InChI=1S/C8H7BrF2N2O2/c9-6-3-1-5(2-4-6)7(14)12-13-15-8(10)11/h1-4,8,13H,(H,12,14). The summed E-state index contributed by atoms with van der Waals surface area (Å²) in [5.74, 6) is -0.567. The van der Waals surface area contributed by atoms with Crippen LogP contribution >= 0.6 is 15.9 Å². The molecular weight excluding hydrogens is 274 g/mol. The summed E-state index contributed by atoms with van der Waals surface area (Å²) < 4.78 is 23.8. The summed E-state index contributed by atoms with van der Waals surface area (Å²) in [6.45, 7) is -2.99. The number of carbonyl (C=O) groups is 1. The fraction of sp³-hybridized carbons (Fsp3) is 0.125. The summed E-state index contributed by atoms with van der Waals surface area (Å²) in [6, 6.07) is 6.37. The summed E-state index contributed by atoms with van der Waals surface area (Å²) in [7, 11) is 0. The quantitative estimate of drug-likeness (QED) is 0.828. The van der Waals surface area contributed by atoms with E-state index in [4.69, 9.17) is 0 Å². The molecule has 0 unspecified atom stereocenters. The molecule has 7 heteroatoms. The van der Waals surface area contributed by atoms with Crippen LogP contribution in [0, 0.1) is 0 Å². The molecule has 2 N–H and O–H groups in total. The number of hydrazine groups is 1. The van der Waals surface area contributed by atoms with E-state index in [9.17, 15) is 13.6 Å². The molecule has 0 bridgehead atoms. The molecule has 0 aromatic heterocycles. The van der Waals surface area contributed by atoms with E-state index < -0.39 is 12.5 Å². The van der Waals surface area contributed by atoms with Crippen molar-refractivity contribution in [2.45, 2.75) is 6.61 Å². The minimum absolute atomic E-state index is 0.323. The van der Waals surface area contributed by atoms with Crippen LogP contribution in [-0.2, 0) is 4.84 Å². The van der Waals surface area contributed by atoms with Gasteiger partial charge in [-0.1, -0.05) is 15.9 Å². The number of amides is 1. The third-order valence-corrected chi connectivity index (χ3v) is 1.95. The summed E-state index contributed by atoms with van der Waals surface area (Å²) in [6.07, 6.45) is 0. The Hall–Kier alpha value is -1.05. The number of rotatable bonds is 4. The van der Waals surface area contributed by atoms with Crippen molar-refractivity contribution in [3.8, 4) is 0 Å². The molecule has 1 aromatic carbocycles. The maximum Gasteiger partial charge on any atom is 0.361 e. The lowest BCUT2D eigenvalue weighted by molar-refractivity contribution is -0.181. The first-order valence-corrected chi connectivity index (χ1v) is 4.63. The lowest BCUT2D eigenvalue weighted by Crippen LogP contribution is -2.38. The predicted octanol–water partition coefficient (Wildman–Crippen LogP) is 1.84. The zero-order valence-corrected chi connectivity index (χ0v) is 8.92. The average Bonchev–Trinajstić information content (AvgIpc) is 2.18. The first-order valence-electron chi connectivity index (χ1n) is 3.84. The Balaban J connectivity index is 2.43. The lowest BCUT2D eigenvalue weighted by atomic mass is 10.2. The molecule has 0 heterocycles. The molecule has 0 saturated carbocycles. The Kier molecular flexibility index (Phi) is 4.60. The molecule has 0 aliphatic rings. The van der Waals surface area contributed by atoms with E-state index in [1.54, 1.807) is 17.7 Å². The molecular formula is C8H7BrF2N2O2. The Morgan fingerprint density at radius 3 is 2.47 bits per heavy atom. The molecule has 15 heavy (non-hydrogen) atoms. The highest BCUT2D eigenvalue weighted by Gasteiger charge is 2.06. The van der Waals surface area contributed by atoms with Crippen molar-refractivity contribution in [3.63, 3.8) is 0 Å². The first kappa shape index (κ1) is 12.0. The van der Waals surface area contributed by atoms with Crippen LogP contribution in [0.15, 0.2) is 28.7 Å². The second kappa shape index (κ2) is 5.74. The van der Waals surface area contributed by atoms with Crippen molar-refractivity contribution in [1.82, 2.24) is 11.0 Å². The van der Waals surface area contributed by atoms with Gasteiger partial charge in [0, 0.05) is 10.0 Å². The molecule has 4 nitrogen and oxygen atoms in total. The second-order valence-corrected chi connectivity index (χ2v) is 3.36. The van der Waals surface area contributed by atoms with Gasteiger partial charge in [0.1, 0.15) is 0 Å². The number of hydrogen-bond acceptors (Lipinski definition) is 3. The van der Waals surface area contributed by atoms with E-state index in [2.05, 4.69) is 20.8 Å². The second-order valence-electron chi connectivity index (χ2n) is 2.44. The SMILES string of the molecule is O=C(NNOC(F)F)c1ccc(Br)cc1. The van der Waals surface area contributed by atoms with Crippen LogP contribution in [0.5, 0.6) is 0 Å². The van der Waals surface area contributed by atoms with Crippen LogP contribution < -0.4 is 11.0 Å². The maximum absolute atomic E-state index is 11.5. The van der Waals surface area contributed by atoms with Crippen LogP contribution in [0.1, 0.15) is 10.4 Å². The van der Waals surface area contributed by atoms with E-state index in [-0.39, 0.29) is 0 Å². The van der Waals surface area contributed by atoms with Crippen LogP contribution in [0.25, 0.3) is 0 Å². The molecule has 0 atom stereocenters. The topological polar surface area (TPSA) is 50.4 Å². The zero-order valence-electron chi connectivity index (χ0n) is 7.34. The normalized spacial score (nSPS) is 10.4. The summed E-state index contributed by atoms with van der Waals surface area (Å²) >= 11 is 3.20. The molecule has 0 aliphatic heterocycles. The van der Waals surface area contributed by atoms with E-state index in [0.29, 0.717) is 5.56 Å². The van der Waals surface area contributed by atoms with Gasteiger partial charge in [0.25, 0.3) is 5.91 Å². The highest BCUT2D eigenvalue weighted by molar-refractivity contribution is 9.10. The highest BCUT2D eigenvalue weighted by Crippen LogP contribution is 2.10. The van der Waals surface area contributed by atoms with E-state index in [1.807, 2.05) is 5.43 Å². The minimum Gasteiger partial charge on any atom is -0.268 e. The fourth-order valence-electron chi connectivity index (χ4n) is 0.794. The van der Waals surface area contributed by atoms with Gasteiger partial charge in [-0.15, -0.1) is 5.59 Å². The van der Waals surface area contributed by atoms with Gasteiger partial charge in [0.05, 0.1) is 0 Å². The monoisotopic (exact) mass is 280 g/mol. The van der Waals surface area contributed by atoms with Crippen molar-refractivity contribution in [2.75, 3.05) is 0 Å². The molecule has 0 saturated heterocycles. The predicted molar refractivity (Wildman–Crippen MR) is 51.8 cm³/mol. The third-order valence-electron chi connectivity index (χ3n) is 1.42. The first-order chi connectivity index (χ1) is 7.09. The molecule has 0 spiro atoms. The van der Waals surface area contributed by atoms with Crippen molar-refractivity contribution in [2.24, 2.45) is 0 Å². The largest absolute Gasteiger partial charge is 0.361 e. The molecule has 82 valence electrons. The molecule has 1 amide bonds. The Bertz CT molecular complexity index is 332. The van der Waals surface area contributed by atoms with Crippen LogP contribution in [0.2, 0.25) is 0 Å². The van der Waals surface area contributed by atoms with Gasteiger partial charge in [-0.05, 0) is 24.3 Å². The Labute approximate surface area is 92.7 Å². The van der Waals surface area contributed by atoms with E-state index in [0.717, 1.165) is 4.47 Å². The number of alkyl halides is 2. The summed E-state index contributed by atoms with van der Waals surface area (Å²) in [5, 5.41) is 0. The zero-order chi connectivity index (χ0) is 11.3. The van der Waals surface area contributed by atoms with Gasteiger partial charge < -0.3 is 0 Å². The highest BCUT2D eigenvalue weighted by atomic mass is 79.9. The van der Waals surface area contributed by atoms with Crippen molar-refractivity contribution in [3.05, 3.63) is 34.3 Å². The van der Waals surface area contributed by atoms with E-state index in [1.165, 1.54) is 12.1 Å². The van der Waals surface area contributed by atoms with Crippen LogP contribution in [0.4, 0.5) is 8.78 Å². The third kappa shape index (κ3) is 4.32. The van der Waals surface area contributed by atoms with Gasteiger partial charge in [-0.3, -0.25) is 10.2 Å². The lowest BCUT2D eigenvalue weighted by Gasteiger charge is -2.06. The van der Waals surface area contributed by atoms with Gasteiger partial charge >= 0.3 is 6.61 Å². The number of hydrogen-bond donors (Lipinski definition) is 2. The fourth-order valence-corrected chi connectivity index (χ4v) is 1.06. The minimum atomic E-state index is -2.99. The molecule has 1 rings (SSSR count). The van der Waals surface area contributed by atoms with Crippen LogP contribution in [0.3, 0.4) is 0 Å². The van der Waals surface area contributed by atoms with Gasteiger partial charge in [0.2, 0.25) is 0 Å². The summed E-state index contributed by atoms with van der Waals surface area (Å²) in [4.78, 5) is 14.9. The average molecular weight is 281 g/mol. The van der Waals surface area contributed by atoms with Crippen molar-refractivity contribution < 1.29 is 18.4 Å². The Morgan fingerprint density at radius 2 is 1.93 bits per heavy atom. The molecule has 0 radical (unpaired) electrons. The smallest absolute Gasteiger partial charge is 0.268 e. The van der Waals surface area contributed by atoms with Gasteiger partial charge in [-0.2, -0.15) is 8.78 Å². The van der Waals surface area contributed by atoms with Gasteiger partial charge in [0.15, 0.2) is 0 Å². The number of benzene rings is 1. The van der Waals surface area contributed by atoms with Gasteiger partial charge in [-0.25, -0.2) is 4.84 Å². The van der Waals surface area contributed by atoms with Crippen molar-refractivity contribution >= 4 is 21.8 Å². The number of halogens is 3. The summed E-state index contributed by atoms with van der Waals surface area (Å²) in [5.41, 5.74) is 3.90.